The van der Waals surface area contributed by atoms with Gasteiger partial charge in [-0.15, -0.1) is 12.8 Å². The van der Waals surface area contributed by atoms with Crippen LogP contribution in [0.25, 0.3) is 22.3 Å². The number of aryl methyl sites for hydroxylation is 1. The molecule has 0 aliphatic carbocycles. The lowest BCUT2D eigenvalue weighted by atomic mass is 10.1. The van der Waals surface area contributed by atoms with Crippen LogP contribution < -0.4 is 21.3 Å². The number of fused-ring (bicyclic) bond motifs is 1. The quantitative estimate of drug-likeness (QED) is 0.108. The number of phenols is 1. The first-order valence-corrected chi connectivity index (χ1v) is 19.7. The van der Waals surface area contributed by atoms with E-state index < -0.39 is 0 Å². The molecule has 3 aromatic carbocycles. The van der Waals surface area contributed by atoms with E-state index in [2.05, 4.69) is 49.2 Å². The first-order valence-electron chi connectivity index (χ1n) is 19.7. The summed E-state index contributed by atoms with van der Waals surface area (Å²) in [6, 6.07) is 32.8. The molecule has 2 fully saturated rings. The molecule has 2 aliphatic rings. The van der Waals surface area contributed by atoms with Crippen LogP contribution in [-0.2, 0) is 38.8 Å². The lowest BCUT2D eigenvalue weighted by molar-refractivity contribution is -0.150. The molecule has 1 unspecified atom stereocenters. The van der Waals surface area contributed by atoms with Crippen molar-refractivity contribution in [2.24, 2.45) is 5.73 Å². The first-order chi connectivity index (χ1) is 29.8. The highest BCUT2D eigenvalue weighted by Crippen LogP contribution is 2.23. The Labute approximate surface area is 355 Å². The second kappa shape index (κ2) is 23.5. The van der Waals surface area contributed by atoms with Crippen molar-refractivity contribution in [2.45, 2.75) is 32.7 Å². The Morgan fingerprint density at radius 2 is 1.69 bits per heavy atom. The van der Waals surface area contributed by atoms with E-state index in [4.69, 9.17) is 19.2 Å². The minimum atomic E-state index is -0.367. The fraction of sp³-hybridized carbons (Fsp3) is 0.261. The monoisotopic (exact) mass is 825 g/mol. The molecule has 5 heterocycles. The lowest BCUT2D eigenvalue weighted by Crippen LogP contribution is -2.63. The molecule has 2 saturated heterocycles. The minimum absolute atomic E-state index is 0.0193. The summed E-state index contributed by atoms with van der Waals surface area (Å²) < 4.78 is 11.0. The molecule has 15 heteroatoms. The number of phenolic OH excluding ortho intramolecular Hbond substituents is 1. The smallest absolute Gasteiger partial charge is 0.242 e. The molecule has 3 amide bonds. The molecular weight excluding hydrogens is 775 g/mol. The number of nitrogens with zero attached hydrogens (tertiary/aromatic N) is 6. The number of aromatic nitrogens is 3. The number of primary amides is 1. The van der Waals surface area contributed by atoms with Crippen LogP contribution in [0.15, 0.2) is 120 Å². The van der Waals surface area contributed by atoms with Crippen molar-refractivity contribution in [3.63, 3.8) is 0 Å². The van der Waals surface area contributed by atoms with Crippen LogP contribution in [0.5, 0.6) is 5.75 Å². The van der Waals surface area contributed by atoms with Gasteiger partial charge in [0.05, 0.1) is 55.9 Å². The predicted octanol–water partition coefficient (Wildman–Crippen LogP) is 4.25. The molecule has 2 aliphatic heterocycles. The Bertz CT molecular complexity index is 2270. The third-order valence-corrected chi connectivity index (χ3v) is 9.78. The predicted molar refractivity (Wildman–Crippen MR) is 233 cm³/mol. The zero-order valence-corrected chi connectivity index (χ0v) is 34.1. The molecule has 1 atom stereocenters. The number of hydrogen-bond acceptors (Lipinski definition) is 12. The van der Waals surface area contributed by atoms with E-state index in [0.29, 0.717) is 62.3 Å². The zero-order chi connectivity index (χ0) is 43.4. The summed E-state index contributed by atoms with van der Waals surface area (Å²) in [6.45, 7) is 6.77. The highest BCUT2D eigenvalue weighted by Gasteiger charge is 2.35. The second-order valence-corrected chi connectivity index (χ2v) is 13.9. The largest absolute Gasteiger partial charge is 0.508 e. The maximum Gasteiger partial charge on any atom is 0.242 e. The number of morpholine rings is 1. The molecule has 0 saturated carbocycles. The summed E-state index contributed by atoms with van der Waals surface area (Å²) in [5, 5.41) is 20.6. The van der Waals surface area contributed by atoms with Gasteiger partial charge in [0.25, 0.3) is 0 Å². The Kier molecular flexibility index (Phi) is 17.3. The number of rotatable bonds is 11. The number of amides is 3. The Morgan fingerprint density at radius 1 is 0.934 bits per heavy atom. The van der Waals surface area contributed by atoms with Crippen LogP contribution in [0.2, 0.25) is 0 Å². The summed E-state index contributed by atoms with van der Waals surface area (Å²) >= 11 is 0. The Hall–Kier alpha value is -7.12. The van der Waals surface area contributed by atoms with Gasteiger partial charge in [-0.1, -0.05) is 71.4 Å². The number of nitrogens with two attached hydrogens (primary N) is 1. The number of hydrogen-bond donors (Lipinski definition) is 4. The van der Waals surface area contributed by atoms with Crippen molar-refractivity contribution in [2.75, 3.05) is 50.8 Å². The summed E-state index contributed by atoms with van der Waals surface area (Å²) in [7, 11) is 0. The number of aromatic hydroxyl groups is 1. The van der Waals surface area contributed by atoms with Crippen LogP contribution in [0, 0.1) is 19.8 Å². The highest BCUT2D eigenvalue weighted by atomic mass is 16.5. The molecule has 15 nitrogen and oxygen atoms in total. The van der Waals surface area contributed by atoms with Gasteiger partial charge in [0.15, 0.2) is 5.76 Å². The molecule has 316 valence electrons. The Balaban J connectivity index is 0.000000472. The van der Waals surface area contributed by atoms with E-state index >= 15 is 0 Å². The normalized spacial score (nSPS) is 14.7. The molecule has 6 aromatic rings. The van der Waals surface area contributed by atoms with Crippen molar-refractivity contribution in [1.82, 2.24) is 35.6 Å². The number of benzene rings is 3. The summed E-state index contributed by atoms with van der Waals surface area (Å²) in [5.41, 5.74) is 10.7. The molecule has 3 aromatic heterocycles. The van der Waals surface area contributed by atoms with Gasteiger partial charge in [-0.2, -0.15) is 0 Å². The minimum Gasteiger partial charge on any atom is -0.508 e. The van der Waals surface area contributed by atoms with Crippen molar-refractivity contribution in [3.8, 4) is 30.0 Å². The topological polar surface area (TPSA) is 192 Å². The highest BCUT2D eigenvalue weighted by molar-refractivity contribution is 5.88. The molecule has 61 heavy (non-hydrogen) atoms. The average molecular weight is 826 g/mol. The number of nitrogens with one attached hydrogen (secondary N) is 2. The van der Waals surface area contributed by atoms with Crippen molar-refractivity contribution in [1.29, 1.82) is 0 Å². The number of ether oxygens (including phenoxy) is 1. The van der Waals surface area contributed by atoms with E-state index in [1.54, 1.807) is 23.2 Å². The standard InChI is InChI=1S/C36H38N8O4.C7H8O.C2H2.CH3NO/c45-35(22-37-21-29-18-33(41-48-29)32-12-11-28(20-39-32)42-14-16-47-17-15-42)44-25-36(46)43(24-34(44)40-19-26-6-2-1-3-7-26)23-27-8-4-10-31-30(27)9-5-13-38-31;1-6-2-4-7(8)5-3-6;1-2;2-1-3/h1-13,18,20,34,37,40H,14-17,19,21-25H2;2-5,8H,1H3;1-2H;1H,(H2,2,3). The van der Waals surface area contributed by atoms with Gasteiger partial charge >= 0.3 is 0 Å². The van der Waals surface area contributed by atoms with E-state index in [-0.39, 0.29) is 37.5 Å². The van der Waals surface area contributed by atoms with Crippen LogP contribution in [0.1, 0.15) is 22.5 Å². The summed E-state index contributed by atoms with van der Waals surface area (Å²) in [5.74, 6) is 0.633. The van der Waals surface area contributed by atoms with Gasteiger partial charge < -0.3 is 40.1 Å². The number of carbonyl (C=O) groups is 3. The van der Waals surface area contributed by atoms with Gasteiger partial charge in [-0.05, 0) is 54.4 Å². The third-order valence-electron chi connectivity index (χ3n) is 9.78. The van der Waals surface area contributed by atoms with Gasteiger partial charge in [0.2, 0.25) is 18.2 Å². The van der Waals surface area contributed by atoms with E-state index in [9.17, 15) is 9.59 Å². The van der Waals surface area contributed by atoms with Crippen molar-refractivity contribution in [3.05, 3.63) is 138 Å². The number of pyridine rings is 2. The van der Waals surface area contributed by atoms with Crippen LogP contribution >= 0.6 is 0 Å². The Morgan fingerprint density at radius 3 is 2.39 bits per heavy atom. The van der Waals surface area contributed by atoms with Gasteiger partial charge in [-0.3, -0.25) is 29.7 Å². The SMILES string of the molecule is C#C.Cc1ccc(O)cc1.NC=O.O=C1CN(C(=O)CNCc2cc(-c3ccc(N4CCOCC4)cn3)no2)C(NCc2ccccc2)CN1Cc1cccc2ncccc12. The molecule has 8 rings (SSSR count). The summed E-state index contributed by atoms with van der Waals surface area (Å²) in [6.07, 6.45) is 11.5. The summed E-state index contributed by atoms with van der Waals surface area (Å²) in [4.78, 5) is 50.3. The molecular formula is C46H51N9O6. The molecule has 0 radical (unpaired) electrons. The maximum absolute atomic E-state index is 13.6. The van der Waals surface area contributed by atoms with Gasteiger partial charge in [0, 0.05) is 43.8 Å². The van der Waals surface area contributed by atoms with Crippen molar-refractivity contribution < 1.29 is 28.8 Å². The zero-order valence-electron chi connectivity index (χ0n) is 34.1. The fourth-order valence-electron chi connectivity index (χ4n) is 6.70. The molecule has 5 N–H and O–H groups in total. The average Bonchev–Trinajstić information content (AvgIpc) is 3.78. The molecule has 0 bridgehead atoms. The lowest BCUT2D eigenvalue weighted by Gasteiger charge is -2.41. The number of piperazine rings is 1. The fourth-order valence-corrected chi connectivity index (χ4v) is 6.70. The maximum atomic E-state index is 13.6. The van der Waals surface area contributed by atoms with E-state index in [1.807, 2.05) is 109 Å². The van der Waals surface area contributed by atoms with Crippen LogP contribution in [0.3, 0.4) is 0 Å². The van der Waals surface area contributed by atoms with E-state index in [1.165, 1.54) is 5.56 Å². The molecule has 0 spiro atoms. The number of carbonyl (C=O) groups excluding carboxylic acids is 3. The van der Waals surface area contributed by atoms with Gasteiger partial charge in [0.1, 0.15) is 24.2 Å². The third kappa shape index (κ3) is 13.2. The van der Waals surface area contributed by atoms with Crippen LogP contribution in [0.4, 0.5) is 5.69 Å². The first kappa shape index (κ1) is 45.0. The van der Waals surface area contributed by atoms with Gasteiger partial charge in [-0.25, -0.2) is 0 Å². The number of terminal acetylenes is 1. The van der Waals surface area contributed by atoms with Crippen molar-refractivity contribution >= 4 is 34.8 Å². The second-order valence-electron chi connectivity index (χ2n) is 13.9. The number of anilines is 1. The van der Waals surface area contributed by atoms with E-state index in [0.717, 1.165) is 40.8 Å². The van der Waals surface area contributed by atoms with Crippen LogP contribution in [-0.4, -0.2) is 100 Å².